The molecule has 0 saturated heterocycles. The second-order valence-electron chi connectivity index (χ2n) is 5.07. The van der Waals surface area contributed by atoms with Crippen LogP contribution >= 0.6 is 0 Å². The Hall–Kier alpha value is -3.59. The maximum atomic E-state index is 12.1. The molecule has 2 aromatic carbocycles. The van der Waals surface area contributed by atoms with E-state index in [4.69, 9.17) is 4.74 Å². The van der Waals surface area contributed by atoms with Crippen LogP contribution in [0.25, 0.3) is 5.69 Å². The van der Waals surface area contributed by atoms with Gasteiger partial charge in [0.1, 0.15) is 5.75 Å². The Morgan fingerprint density at radius 1 is 1.16 bits per heavy atom. The summed E-state index contributed by atoms with van der Waals surface area (Å²) in [6, 6.07) is 16.8. The molecule has 6 heteroatoms. The predicted octanol–water partition coefficient (Wildman–Crippen LogP) is 2.06. The van der Waals surface area contributed by atoms with Gasteiger partial charge in [0.25, 0.3) is 5.91 Å². The Kier molecular flexibility index (Phi) is 5.07. The van der Waals surface area contributed by atoms with Crippen LogP contribution in [-0.2, 0) is 0 Å². The molecule has 0 saturated carbocycles. The monoisotopic (exact) mass is 332 g/mol. The van der Waals surface area contributed by atoms with E-state index >= 15 is 0 Å². The Morgan fingerprint density at radius 3 is 2.64 bits per heavy atom. The molecule has 1 aromatic heterocycles. The van der Waals surface area contributed by atoms with Gasteiger partial charge < -0.3 is 10.1 Å². The summed E-state index contributed by atoms with van der Waals surface area (Å²) >= 11 is 0. The van der Waals surface area contributed by atoms with E-state index in [1.165, 1.54) is 11.0 Å². The second-order valence-corrected chi connectivity index (χ2v) is 5.07. The maximum absolute atomic E-state index is 12.1. The van der Waals surface area contributed by atoms with Crippen molar-refractivity contribution in [3.8, 4) is 23.3 Å². The molecule has 0 aliphatic carbocycles. The number of carbonyl (C=O) groups excluding carboxylic acids is 1. The molecule has 0 atom stereocenters. The standard InChI is InChI=1S/C19H16N4O2/c1-25-17-11-9-15(10-12-17)6-5-13-20-19(24)18-14-21-23(22-18)16-7-3-2-4-8-16/h2-4,7-12,14H,13H2,1H3,(H,20,24). The lowest BCUT2D eigenvalue weighted by atomic mass is 10.2. The molecule has 0 bridgehead atoms. The molecule has 6 nitrogen and oxygen atoms in total. The number of hydrogen-bond acceptors (Lipinski definition) is 4. The Morgan fingerprint density at radius 2 is 1.92 bits per heavy atom. The largest absolute Gasteiger partial charge is 0.497 e. The van der Waals surface area contributed by atoms with Gasteiger partial charge in [-0.2, -0.15) is 9.90 Å². The highest BCUT2D eigenvalue weighted by atomic mass is 16.5. The fourth-order valence-corrected chi connectivity index (χ4v) is 2.09. The first kappa shape index (κ1) is 16.3. The van der Waals surface area contributed by atoms with Gasteiger partial charge >= 0.3 is 0 Å². The van der Waals surface area contributed by atoms with E-state index in [-0.39, 0.29) is 18.1 Å². The summed E-state index contributed by atoms with van der Waals surface area (Å²) in [5, 5.41) is 11.0. The topological polar surface area (TPSA) is 69.0 Å². The van der Waals surface area contributed by atoms with Gasteiger partial charge in [0.2, 0.25) is 0 Å². The summed E-state index contributed by atoms with van der Waals surface area (Å²) in [5.74, 6) is 6.34. The molecule has 3 aromatic rings. The summed E-state index contributed by atoms with van der Waals surface area (Å²) in [5.41, 5.74) is 1.89. The number of ether oxygens (including phenoxy) is 1. The zero-order valence-corrected chi connectivity index (χ0v) is 13.6. The van der Waals surface area contributed by atoms with Crippen molar-refractivity contribution in [2.45, 2.75) is 0 Å². The van der Waals surface area contributed by atoms with Crippen molar-refractivity contribution in [1.82, 2.24) is 20.3 Å². The van der Waals surface area contributed by atoms with E-state index in [9.17, 15) is 4.79 Å². The van der Waals surface area contributed by atoms with Crippen molar-refractivity contribution in [3.63, 3.8) is 0 Å². The molecule has 0 spiro atoms. The first-order chi connectivity index (χ1) is 12.3. The van der Waals surface area contributed by atoms with Crippen molar-refractivity contribution in [2.24, 2.45) is 0 Å². The summed E-state index contributed by atoms with van der Waals surface area (Å²) < 4.78 is 5.09. The number of carbonyl (C=O) groups is 1. The molecule has 0 aliphatic heterocycles. The molecule has 0 aliphatic rings. The summed E-state index contributed by atoms with van der Waals surface area (Å²) in [4.78, 5) is 13.5. The highest BCUT2D eigenvalue weighted by Gasteiger charge is 2.10. The van der Waals surface area contributed by atoms with Gasteiger partial charge in [0, 0.05) is 5.56 Å². The van der Waals surface area contributed by atoms with Crippen LogP contribution in [0.5, 0.6) is 5.75 Å². The second kappa shape index (κ2) is 7.79. The number of nitrogens with one attached hydrogen (secondary N) is 1. The summed E-state index contributed by atoms with van der Waals surface area (Å²) in [7, 11) is 1.62. The zero-order chi connectivity index (χ0) is 17.5. The maximum Gasteiger partial charge on any atom is 0.274 e. The number of rotatable bonds is 4. The van der Waals surface area contributed by atoms with Crippen LogP contribution in [0.1, 0.15) is 16.1 Å². The lowest BCUT2D eigenvalue weighted by molar-refractivity contribution is 0.0953. The number of aromatic nitrogens is 3. The molecule has 0 fully saturated rings. The first-order valence-electron chi connectivity index (χ1n) is 7.65. The van der Waals surface area contributed by atoms with E-state index in [0.29, 0.717) is 0 Å². The van der Waals surface area contributed by atoms with Gasteiger partial charge in [-0.25, -0.2) is 0 Å². The minimum atomic E-state index is -0.314. The minimum Gasteiger partial charge on any atom is -0.497 e. The molecule has 1 heterocycles. The number of nitrogens with zero attached hydrogens (tertiary/aromatic N) is 3. The molecular formula is C19H16N4O2. The SMILES string of the molecule is COc1ccc(C#CCNC(=O)c2cnn(-c3ccccc3)n2)cc1. The summed E-state index contributed by atoms with van der Waals surface area (Å²) in [6.45, 7) is 0.225. The van der Waals surface area contributed by atoms with Crippen LogP contribution in [0.3, 0.4) is 0 Å². The Balaban J connectivity index is 1.56. The van der Waals surface area contributed by atoms with Gasteiger partial charge in [-0.3, -0.25) is 4.79 Å². The van der Waals surface area contributed by atoms with Gasteiger partial charge in [0.15, 0.2) is 5.69 Å². The fraction of sp³-hybridized carbons (Fsp3) is 0.105. The summed E-state index contributed by atoms with van der Waals surface area (Å²) in [6.07, 6.45) is 1.43. The zero-order valence-electron chi connectivity index (χ0n) is 13.6. The van der Waals surface area contributed by atoms with Crippen LogP contribution < -0.4 is 10.1 Å². The lowest BCUT2D eigenvalue weighted by Gasteiger charge is -1.99. The number of methoxy groups -OCH3 is 1. The third-order valence-electron chi connectivity index (χ3n) is 3.37. The number of amides is 1. The Labute approximate surface area is 145 Å². The quantitative estimate of drug-likeness (QED) is 0.743. The predicted molar refractivity (Wildman–Crippen MR) is 93.6 cm³/mol. The van der Waals surface area contributed by atoms with Crippen molar-refractivity contribution >= 4 is 5.91 Å². The van der Waals surface area contributed by atoms with E-state index in [2.05, 4.69) is 27.4 Å². The van der Waals surface area contributed by atoms with Gasteiger partial charge in [-0.05, 0) is 36.4 Å². The average Bonchev–Trinajstić information content (AvgIpc) is 3.16. The number of benzene rings is 2. The van der Waals surface area contributed by atoms with Gasteiger partial charge in [-0.15, -0.1) is 5.10 Å². The van der Waals surface area contributed by atoms with Crippen LogP contribution in [0.4, 0.5) is 0 Å². The third kappa shape index (κ3) is 4.24. The molecule has 0 unspecified atom stereocenters. The Bertz CT molecular complexity index is 906. The van der Waals surface area contributed by atoms with Gasteiger partial charge in [0.05, 0.1) is 25.5 Å². The van der Waals surface area contributed by atoms with Crippen LogP contribution in [0.15, 0.2) is 60.8 Å². The van der Waals surface area contributed by atoms with Crippen molar-refractivity contribution in [2.75, 3.05) is 13.7 Å². The number of para-hydroxylation sites is 1. The fourth-order valence-electron chi connectivity index (χ4n) is 2.09. The first-order valence-corrected chi connectivity index (χ1v) is 7.65. The van der Waals surface area contributed by atoms with Crippen molar-refractivity contribution < 1.29 is 9.53 Å². The molecule has 3 rings (SSSR count). The molecular weight excluding hydrogens is 316 g/mol. The molecule has 124 valence electrons. The smallest absolute Gasteiger partial charge is 0.274 e. The van der Waals surface area contributed by atoms with Crippen molar-refractivity contribution in [1.29, 1.82) is 0 Å². The molecule has 1 N–H and O–H groups in total. The minimum absolute atomic E-state index is 0.225. The van der Waals surface area contributed by atoms with E-state index in [1.54, 1.807) is 7.11 Å². The van der Waals surface area contributed by atoms with E-state index in [0.717, 1.165) is 17.0 Å². The van der Waals surface area contributed by atoms with Crippen LogP contribution in [0.2, 0.25) is 0 Å². The average molecular weight is 332 g/mol. The van der Waals surface area contributed by atoms with E-state index < -0.39 is 0 Å². The lowest BCUT2D eigenvalue weighted by Crippen LogP contribution is -2.24. The third-order valence-corrected chi connectivity index (χ3v) is 3.37. The molecule has 25 heavy (non-hydrogen) atoms. The normalized spacial score (nSPS) is 9.80. The van der Waals surface area contributed by atoms with Crippen LogP contribution in [-0.4, -0.2) is 34.6 Å². The highest BCUT2D eigenvalue weighted by molar-refractivity contribution is 5.92. The highest BCUT2D eigenvalue weighted by Crippen LogP contribution is 2.10. The van der Waals surface area contributed by atoms with E-state index in [1.807, 2.05) is 54.6 Å². The van der Waals surface area contributed by atoms with Gasteiger partial charge in [-0.1, -0.05) is 30.0 Å². The van der Waals surface area contributed by atoms with Crippen molar-refractivity contribution in [3.05, 3.63) is 72.1 Å². The molecule has 0 radical (unpaired) electrons. The molecule has 1 amide bonds. The number of hydrogen-bond donors (Lipinski definition) is 1. The van der Waals surface area contributed by atoms with Crippen LogP contribution in [0, 0.1) is 11.8 Å².